The number of fused-ring (bicyclic) bond motifs is 2. The summed E-state index contributed by atoms with van der Waals surface area (Å²) in [7, 11) is 0. The quantitative estimate of drug-likeness (QED) is 0.414. The molecule has 2 bridgehead atoms. The van der Waals surface area contributed by atoms with E-state index in [9.17, 15) is 4.79 Å². The highest BCUT2D eigenvalue weighted by molar-refractivity contribution is 5.87. The number of allylic oxidation sites excluding steroid dienone is 1. The van der Waals surface area contributed by atoms with Gasteiger partial charge in [-0.3, -0.25) is 0 Å². The highest BCUT2D eigenvalue weighted by Crippen LogP contribution is 2.48. The van der Waals surface area contributed by atoms with Gasteiger partial charge in [0.2, 0.25) is 0 Å². The lowest BCUT2D eigenvalue weighted by atomic mass is 9.86. The fourth-order valence-electron chi connectivity index (χ4n) is 2.91. The van der Waals surface area contributed by atoms with Crippen LogP contribution < -0.4 is 0 Å². The van der Waals surface area contributed by atoms with E-state index in [1.54, 1.807) is 6.92 Å². The Morgan fingerprint density at radius 3 is 2.62 bits per heavy atom. The molecule has 0 heterocycles. The van der Waals surface area contributed by atoms with E-state index in [-0.39, 0.29) is 5.97 Å². The molecule has 0 spiro atoms. The lowest BCUT2D eigenvalue weighted by Crippen LogP contribution is -2.33. The van der Waals surface area contributed by atoms with Gasteiger partial charge in [0, 0.05) is 5.57 Å². The first kappa shape index (κ1) is 11.4. The molecule has 0 N–H and O–H groups in total. The van der Waals surface area contributed by atoms with E-state index in [4.69, 9.17) is 4.74 Å². The molecule has 0 aromatic rings. The fourth-order valence-corrected chi connectivity index (χ4v) is 2.91. The van der Waals surface area contributed by atoms with Crippen LogP contribution in [0.5, 0.6) is 0 Å². The van der Waals surface area contributed by atoms with Crippen molar-refractivity contribution < 1.29 is 9.53 Å². The minimum absolute atomic E-state index is 0.284. The van der Waals surface area contributed by atoms with Crippen molar-refractivity contribution in [3.63, 3.8) is 0 Å². The van der Waals surface area contributed by atoms with Crippen LogP contribution in [-0.4, -0.2) is 11.6 Å². The number of esters is 1. The maximum atomic E-state index is 11.6. The molecule has 2 rings (SSSR count). The number of rotatable bonds is 3. The number of carbonyl (C=O) groups excluding carboxylic acids is 1. The van der Waals surface area contributed by atoms with Gasteiger partial charge in [0.1, 0.15) is 5.60 Å². The van der Waals surface area contributed by atoms with Crippen molar-refractivity contribution in [2.45, 2.75) is 45.6 Å². The van der Waals surface area contributed by atoms with Gasteiger partial charge < -0.3 is 4.74 Å². The molecule has 88 valence electrons. The Kier molecular flexibility index (Phi) is 2.69. The Morgan fingerprint density at radius 1 is 1.50 bits per heavy atom. The Hall–Kier alpha value is -1.05. The van der Waals surface area contributed by atoms with E-state index in [1.165, 1.54) is 24.8 Å². The van der Waals surface area contributed by atoms with Crippen LogP contribution in [-0.2, 0) is 9.53 Å². The average molecular weight is 220 g/mol. The third-order valence-electron chi connectivity index (χ3n) is 3.72. The summed E-state index contributed by atoms with van der Waals surface area (Å²) in [6.07, 6.45) is 6.13. The molecule has 0 aromatic carbocycles. The smallest absolute Gasteiger partial charge is 0.333 e. The molecule has 0 aromatic heterocycles. The van der Waals surface area contributed by atoms with Gasteiger partial charge in [-0.15, -0.1) is 0 Å². The molecule has 1 fully saturated rings. The molecule has 0 amide bonds. The molecule has 2 nitrogen and oxygen atoms in total. The second kappa shape index (κ2) is 3.76. The molecule has 0 radical (unpaired) electrons. The minimum atomic E-state index is -0.462. The van der Waals surface area contributed by atoms with Crippen LogP contribution in [0.25, 0.3) is 0 Å². The largest absolute Gasteiger partial charge is 0.452 e. The predicted octanol–water partition coefficient (Wildman–Crippen LogP) is 3.24. The van der Waals surface area contributed by atoms with Crippen molar-refractivity contribution in [2.75, 3.05) is 0 Å². The van der Waals surface area contributed by atoms with E-state index in [1.807, 2.05) is 13.8 Å². The van der Waals surface area contributed by atoms with Crippen LogP contribution in [0, 0.1) is 11.8 Å². The molecule has 2 aliphatic rings. The molecule has 0 saturated heterocycles. The topological polar surface area (TPSA) is 26.3 Å². The van der Waals surface area contributed by atoms with Crippen LogP contribution >= 0.6 is 0 Å². The van der Waals surface area contributed by atoms with Crippen LogP contribution in [0.2, 0.25) is 0 Å². The van der Waals surface area contributed by atoms with Crippen molar-refractivity contribution in [3.05, 3.63) is 23.8 Å². The monoisotopic (exact) mass is 220 g/mol. The predicted molar refractivity (Wildman–Crippen MR) is 63.9 cm³/mol. The highest BCUT2D eigenvalue weighted by Gasteiger charge is 2.41. The average Bonchev–Trinajstić information content (AvgIpc) is 2.77. The van der Waals surface area contributed by atoms with Gasteiger partial charge in [0.05, 0.1) is 0 Å². The second-order valence-corrected chi connectivity index (χ2v) is 5.57. The van der Waals surface area contributed by atoms with Gasteiger partial charge in [-0.1, -0.05) is 12.7 Å². The van der Waals surface area contributed by atoms with E-state index >= 15 is 0 Å². The highest BCUT2D eigenvalue weighted by atomic mass is 16.6. The van der Waals surface area contributed by atoms with Crippen LogP contribution in [0.1, 0.15) is 40.0 Å². The van der Waals surface area contributed by atoms with E-state index in [0.29, 0.717) is 11.5 Å². The zero-order valence-electron chi connectivity index (χ0n) is 10.4. The van der Waals surface area contributed by atoms with Crippen molar-refractivity contribution in [1.29, 1.82) is 0 Å². The SMILES string of the molecule is C=C(C)C(=O)OC(C)(C)C1=CC2CCC1C2. The van der Waals surface area contributed by atoms with Crippen molar-refractivity contribution in [1.82, 2.24) is 0 Å². The molecule has 2 atom stereocenters. The first-order chi connectivity index (χ1) is 7.40. The van der Waals surface area contributed by atoms with Gasteiger partial charge in [0.15, 0.2) is 0 Å². The summed E-state index contributed by atoms with van der Waals surface area (Å²) in [5.41, 5.74) is 1.32. The summed E-state index contributed by atoms with van der Waals surface area (Å²) in [6.45, 7) is 9.28. The lowest BCUT2D eigenvalue weighted by Gasteiger charge is -2.31. The normalized spacial score (nSPS) is 27.8. The Bertz CT molecular complexity index is 363. The summed E-state index contributed by atoms with van der Waals surface area (Å²) in [4.78, 5) is 11.6. The first-order valence-corrected chi connectivity index (χ1v) is 6.01. The van der Waals surface area contributed by atoms with Gasteiger partial charge in [-0.2, -0.15) is 0 Å². The van der Waals surface area contributed by atoms with Gasteiger partial charge in [0.25, 0.3) is 0 Å². The molecule has 1 saturated carbocycles. The molecule has 16 heavy (non-hydrogen) atoms. The molecular weight excluding hydrogens is 200 g/mol. The zero-order valence-corrected chi connectivity index (χ0v) is 10.4. The van der Waals surface area contributed by atoms with Gasteiger partial charge >= 0.3 is 5.97 Å². The summed E-state index contributed by atoms with van der Waals surface area (Å²) in [5.74, 6) is 1.08. The first-order valence-electron chi connectivity index (χ1n) is 6.01. The molecule has 2 unspecified atom stereocenters. The number of carbonyl (C=O) groups is 1. The van der Waals surface area contributed by atoms with Gasteiger partial charge in [-0.25, -0.2) is 4.79 Å². The minimum Gasteiger partial charge on any atom is -0.452 e. The summed E-state index contributed by atoms with van der Waals surface area (Å²) in [5, 5.41) is 0. The van der Waals surface area contributed by atoms with E-state index in [2.05, 4.69) is 12.7 Å². The fraction of sp³-hybridized carbons (Fsp3) is 0.643. The standard InChI is InChI=1S/C14H20O2/c1-9(2)13(15)16-14(3,4)12-8-10-5-6-11(12)7-10/h8,10-11H,1,5-7H2,2-4H3. The van der Waals surface area contributed by atoms with Crippen molar-refractivity contribution in [2.24, 2.45) is 11.8 Å². The van der Waals surface area contributed by atoms with Crippen LogP contribution in [0.3, 0.4) is 0 Å². The number of hydrogen-bond donors (Lipinski definition) is 0. The summed E-state index contributed by atoms with van der Waals surface area (Å²) >= 11 is 0. The lowest BCUT2D eigenvalue weighted by molar-refractivity contribution is -0.148. The third-order valence-corrected chi connectivity index (χ3v) is 3.72. The van der Waals surface area contributed by atoms with Crippen LogP contribution in [0.4, 0.5) is 0 Å². The zero-order chi connectivity index (χ0) is 11.9. The molecule has 0 aliphatic heterocycles. The van der Waals surface area contributed by atoms with E-state index in [0.717, 1.165) is 5.92 Å². The Labute approximate surface area is 97.4 Å². The number of hydrogen-bond acceptors (Lipinski definition) is 2. The third kappa shape index (κ3) is 1.93. The van der Waals surface area contributed by atoms with Gasteiger partial charge in [-0.05, 0) is 57.4 Å². The molecule has 2 heteroatoms. The van der Waals surface area contributed by atoms with Crippen LogP contribution in [0.15, 0.2) is 23.8 Å². The maximum Gasteiger partial charge on any atom is 0.333 e. The maximum absolute atomic E-state index is 11.6. The Morgan fingerprint density at radius 2 is 2.19 bits per heavy atom. The molecular formula is C14H20O2. The Balaban J connectivity index is 2.11. The number of ether oxygens (including phenoxy) is 1. The summed E-state index contributed by atoms with van der Waals surface area (Å²) in [6, 6.07) is 0. The molecule has 2 aliphatic carbocycles. The van der Waals surface area contributed by atoms with Crippen molar-refractivity contribution in [3.8, 4) is 0 Å². The van der Waals surface area contributed by atoms with E-state index < -0.39 is 5.60 Å². The summed E-state index contributed by atoms with van der Waals surface area (Å²) < 4.78 is 5.53. The second-order valence-electron chi connectivity index (χ2n) is 5.57. The van der Waals surface area contributed by atoms with Crippen molar-refractivity contribution >= 4 is 5.97 Å².